The Labute approximate surface area is 173 Å². The monoisotopic (exact) mass is 440 g/mol. The van der Waals surface area contributed by atoms with E-state index in [1.807, 2.05) is 18.3 Å². The Bertz CT molecular complexity index is 981. The van der Waals surface area contributed by atoms with Crippen LogP contribution in [-0.4, -0.2) is 26.6 Å². The van der Waals surface area contributed by atoms with Crippen molar-refractivity contribution >= 4 is 33.3 Å². The first-order chi connectivity index (χ1) is 13.0. The lowest BCUT2D eigenvalue weighted by atomic mass is 9.97. The van der Waals surface area contributed by atoms with E-state index in [1.54, 1.807) is 0 Å². The Hall–Kier alpha value is -2.18. The van der Waals surface area contributed by atoms with Gasteiger partial charge in [-0.15, -0.1) is 0 Å². The number of hydrogen-bond donors (Lipinski definition) is 1. The highest BCUT2D eigenvalue weighted by Gasteiger charge is 2.39. The third-order valence-electron chi connectivity index (χ3n) is 5.21. The summed E-state index contributed by atoms with van der Waals surface area (Å²) in [5.41, 5.74) is 5.85. The molecule has 1 N–H and O–H groups in total. The molecule has 0 bridgehead atoms. The maximum atomic E-state index is 5.56. The van der Waals surface area contributed by atoms with Crippen LogP contribution in [0.25, 0.3) is 5.69 Å². The van der Waals surface area contributed by atoms with E-state index in [0.717, 1.165) is 21.0 Å². The van der Waals surface area contributed by atoms with Crippen LogP contribution in [0.2, 0.25) is 0 Å². The molecule has 0 radical (unpaired) electrons. The van der Waals surface area contributed by atoms with Crippen LogP contribution in [0.3, 0.4) is 0 Å². The molecule has 0 amide bonds. The number of halogens is 1. The molecule has 3 heterocycles. The predicted molar refractivity (Wildman–Crippen MR) is 116 cm³/mol. The van der Waals surface area contributed by atoms with E-state index < -0.39 is 0 Å². The summed E-state index contributed by atoms with van der Waals surface area (Å²) < 4.78 is 3.38. The summed E-state index contributed by atoms with van der Waals surface area (Å²) in [5, 5.41) is 4.20. The van der Waals surface area contributed by atoms with Crippen molar-refractivity contribution in [3.8, 4) is 5.69 Å². The quantitative estimate of drug-likeness (QED) is 0.589. The first-order valence-electron chi connectivity index (χ1n) is 8.86. The normalized spacial score (nSPS) is 19.4. The van der Waals surface area contributed by atoms with Gasteiger partial charge in [-0.25, -0.2) is 0 Å². The number of rotatable bonds is 3. The summed E-state index contributed by atoms with van der Waals surface area (Å²) in [6.45, 7) is 4.32. The standard InChI is InChI=1S/C21H21BrN4S/c1-13-12-17(14(2)26(13)16-9-7-15(22)8-10-16)20-19(24-21(27)25(20)3)18-6-4-5-11-23-18/h4-12,19-20H,1-3H3,(H,24,27)/t19-,20-/m1/s1. The van der Waals surface area contributed by atoms with Gasteiger partial charge in [-0.1, -0.05) is 22.0 Å². The Morgan fingerprint density at radius 1 is 1.11 bits per heavy atom. The topological polar surface area (TPSA) is 33.1 Å². The van der Waals surface area contributed by atoms with Crippen LogP contribution in [0, 0.1) is 13.8 Å². The maximum absolute atomic E-state index is 5.56. The predicted octanol–water partition coefficient (Wildman–Crippen LogP) is 4.85. The van der Waals surface area contributed by atoms with E-state index in [0.29, 0.717) is 0 Å². The number of nitrogens with one attached hydrogen (secondary N) is 1. The largest absolute Gasteiger partial charge is 0.352 e. The van der Waals surface area contributed by atoms with Crippen LogP contribution in [0.4, 0.5) is 0 Å². The molecular formula is C21H21BrN4S. The fourth-order valence-electron chi connectivity index (χ4n) is 3.92. The van der Waals surface area contributed by atoms with E-state index in [9.17, 15) is 0 Å². The van der Waals surface area contributed by atoms with Crippen molar-refractivity contribution in [1.82, 2.24) is 19.8 Å². The third kappa shape index (κ3) is 3.17. The number of thiocarbonyl (C=S) groups is 1. The fraction of sp³-hybridized carbons (Fsp3) is 0.238. The molecule has 6 heteroatoms. The van der Waals surface area contributed by atoms with Crippen molar-refractivity contribution < 1.29 is 0 Å². The summed E-state index contributed by atoms with van der Waals surface area (Å²) in [6.07, 6.45) is 1.83. The number of benzene rings is 1. The molecule has 1 aromatic carbocycles. The van der Waals surface area contributed by atoms with E-state index in [-0.39, 0.29) is 12.1 Å². The van der Waals surface area contributed by atoms with E-state index in [1.165, 1.54) is 17.0 Å². The molecule has 0 aliphatic carbocycles. The first kappa shape index (κ1) is 18.2. The summed E-state index contributed by atoms with van der Waals surface area (Å²) in [7, 11) is 2.05. The minimum atomic E-state index is 0.0302. The highest BCUT2D eigenvalue weighted by Crippen LogP contribution is 2.40. The van der Waals surface area contributed by atoms with Crippen LogP contribution in [0.15, 0.2) is 59.2 Å². The second-order valence-electron chi connectivity index (χ2n) is 6.88. The van der Waals surface area contributed by atoms with Crippen molar-refractivity contribution in [1.29, 1.82) is 0 Å². The fourth-order valence-corrected chi connectivity index (χ4v) is 4.43. The number of likely N-dealkylation sites (N-methyl/N-ethyl adjacent to an activating group) is 1. The average molecular weight is 441 g/mol. The average Bonchev–Trinajstić information content (AvgIpc) is 3.12. The van der Waals surface area contributed by atoms with Crippen molar-refractivity contribution in [2.24, 2.45) is 0 Å². The van der Waals surface area contributed by atoms with Gasteiger partial charge in [0.05, 0.1) is 17.8 Å². The van der Waals surface area contributed by atoms with Gasteiger partial charge in [0.1, 0.15) is 0 Å². The summed E-state index contributed by atoms with van der Waals surface area (Å²) in [4.78, 5) is 6.71. The number of pyridine rings is 1. The lowest BCUT2D eigenvalue weighted by Gasteiger charge is -2.24. The van der Waals surface area contributed by atoms with Gasteiger partial charge in [-0.2, -0.15) is 0 Å². The van der Waals surface area contributed by atoms with Crippen molar-refractivity contribution in [3.63, 3.8) is 0 Å². The lowest BCUT2D eigenvalue weighted by Crippen LogP contribution is -2.25. The van der Waals surface area contributed by atoms with Crippen LogP contribution in [0.1, 0.15) is 34.7 Å². The highest BCUT2D eigenvalue weighted by atomic mass is 79.9. The molecule has 0 saturated carbocycles. The zero-order chi connectivity index (χ0) is 19.1. The van der Waals surface area contributed by atoms with Gasteiger partial charge in [0.25, 0.3) is 0 Å². The summed E-state index contributed by atoms with van der Waals surface area (Å²) in [5.74, 6) is 0. The van der Waals surface area contributed by atoms with Crippen molar-refractivity contribution in [3.05, 3.63) is 81.8 Å². The smallest absolute Gasteiger partial charge is 0.169 e. The molecule has 1 saturated heterocycles. The summed E-state index contributed by atoms with van der Waals surface area (Å²) >= 11 is 9.08. The molecular weight excluding hydrogens is 420 g/mol. The number of nitrogens with zero attached hydrogens (tertiary/aromatic N) is 3. The van der Waals surface area contributed by atoms with E-state index >= 15 is 0 Å². The minimum Gasteiger partial charge on any atom is -0.352 e. The zero-order valence-corrected chi connectivity index (χ0v) is 17.9. The van der Waals surface area contributed by atoms with Crippen LogP contribution in [0.5, 0.6) is 0 Å². The second-order valence-corrected chi connectivity index (χ2v) is 8.18. The first-order valence-corrected chi connectivity index (χ1v) is 10.1. The van der Waals surface area contributed by atoms with Gasteiger partial charge in [-0.3, -0.25) is 4.98 Å². The Kier molecular flexibility index (Phi) is 4.78. The summed E-state index contributed by atoms with van der Waals surface area (Å²) in [6, 6.07) is 16.8. The molecule has 0 unspecified atom stereocenters. The molecule has 4 nitrogen and oxygen atoms in total. The molecule has 138 valence electrons. The minimum absolute atomic E-state index is 0.0302. The van der Waals surface area contributed by atoms with Crippen LogP contribution >= 0.6 is 28.1 Å². The van der Waals surface area contributed by atoms with Crippen LogP contribution < -0.4 is 5.32 Å². The van der Waals surface area contributed by atoms with Gasteiger partial charge in [0.15, 0.2) is 5.11 Å². The van der Waals surface area contributed by atoms with E-state index in [2.05, 4.69) is 93.0 Å². The number of hydrogen-bond acceptors (Lipinski definition) is 2. The Morgan fingerprint density at radius 2 is 1.85 bits per heavy atom. The molecule has 2 aromatic heterocycles. The van der Waals surface area contributed by atoms with Gasteiger partial charge < -0.3 is 14.8 Å². The lowest BCUT2D eigenvalue weighted by molar-refractivity contribution is 0.367. The molecule has 1 aliphatic heterocycles. The van der Waals surface area contributed by atoms with Crippen LogP contribution in [-0.2, 0) is 0 Å². The van der Waals surface area contributed by atoms with E-state index in [4.69, 9.17) is 12.2 Å². The second kappa shape index (κ2) is 7.09. The SMILES string of the molecule is Cc1cc([C@@H]2[C@@H](c3ccccn3)NC(=S)N2C)c(C)n1-c1ccc(Br)cc1. The molecule has 3 aromatic rings. The Morgan fingerprint density at radius 3 is 2.52 bits per heavy atom. The molecule has 1 aliphatic rings. The van der Waals surface area contributed by atoms with Gasteiger partial charge >= 0.3 is 0 Å². The molecule has 4 rings (SSSR count). The van der Waals surface area contributed by atoms with Crippen molar-refractivity contribution in [2.45, 2.75) is 25.9 Å². The highest BCUT2D eigenvalue weighted by molar-refractivity contribution is 9.10. The number of aromatic nitrogens is 2. The van der Waals surface area contributed by atoms with Gasteiger partial charge in [0, 0.05) is 34.8 Å². The molecule has 0 spiro atoms. The maximum Gasteiger partial charge on any atom is 0.169 e. The van der Waals surface area contributed by atoms with Gasteiger partial charge in [-0.05, 0) is 74.1 Å². The molecule has 1 fully saturated rings. The molecule has 2 atom stereocenters. The van der Waals surface area contributed by atoms with Crippen molar-refractivity contribution in [2.75, 3.05) is 7.05 Å². The van der Waals surface area contributed by atoms with Gasteiger partial charge in [0.2, 0.25) is 0 Å². The zero-order valence-electron chi connectivity index (χ0n) is 15.5. The Balaban J connectivity index is 1.81. The third-order valence-corrected chi connectivity index (χ3v) is 6.15. The number of aryl methyl sites for hydroxylation is 1. The molecule has 27 heavy (non-hydrogen) atoms.